The minimum absolute atomic E-state index is 0.184. The Morgan fingerprint density at radius 1 is 1.50 bits per heavy atom. The summed E-state index contributed by atoms with van der Waals surface area (Å²) < 4.78 is 0. The molecule has 0 aliphatic heterocycles. The van der Waals surface area contributed by atoms with Crippen LogP contribution in [0.15, 0.2) is 18.3 Å². The zero-order valence-electron chi connectivity index (χ0n) is 10.5. The molecule has 1 aromatic heterocycles. The van der Waals surface area contributed by atoms with E-state index < -0.39 is 0 Å². The van der Waals surface area contributed by atoms with Gasteiger partial charge < -0.3 is 15.7 Å². The molecule has 1 amide bonds. The van der Waals surface area contributed by atoms with E-state index in [1.807, 2.05) is 6.07 Å². The van der Waals surface area contributed by atoms with Crippen LogP contribution < -0.4 is 10.6 Å². The highest BCUT2D eigenvalue weighted by Crippen LogP contribution is 2.09. The van der Waals surface area contributed by atoms with Crippen LogP contribution in [0.2, 0.25) is 0 Å². The zero-order chi connectivity index (χ0) is 13.2. The fourth-order valence-corrected chi connectivity index (χ4v) is 2.11. The van der Waals surface area contributed by atoms with Crippen LogP contribution in [-0.4, -0.2) is 47.7 Å². The van der Waals surface area contributed by atoms with Gasteiger partial charge in [0.1, 0.15) is 5.69 Å². The minimum Gasteiger partial charge on any atom is -0.396 e. The number of thioether (sulfide) groups is 1. The number of pyridine rings is 1. The Hall–Kier alpha value is -1.27. The van der Waals surface area contributed by atoms with Crippen molar-refractivity contribution in [2.24, 2.45) is 0 Å². The minimum atomic E-state index is -0.184. The van der Waals surface area contributed by atoms with Crippen molar-refractivity contribution >= 4 is 23.4 Å². The van der Waals surface area contributed by atoms with Gasteiger partial charge in [0.05, 0.1) is 0 Å². The predicted octanol–water partition coefficient (Wildman–Crippen LogP) is 0.969. The summed E-state index contributed by atoms with van der Waals surface area (Å²) in [6, 6.07) is 3.57. The van der Waals surface area contributed by atoms with Gasteiger partial charge in [-0.3, -0.25) is 9.78 Å². The van der Waals surface area contributed by atoms with Crippen molar-refractivity contribution in [2.45, 2.75) is 6.42 Å². The monoisotopic (exact) mass is 269 g/mol. The first-order valence-electron chi connectivity index (χ1n) is 5.88. The molecule has 0 fully saturated rings. The van der Waals surface area contributed by atoms with Crippen LogP contribution in [0.5, 0.6) is 0 Å². The van der Waals surface area contributed by atoms with Gasteiger partial charge in [-0.05, 0) is 24.3 Å². The third kappa shape index (κ3) is 5.37. The van der Waals surface area contributed by atoms with Crippen LogP contribution in [0.4, 0.5) is 5.69 Å². The number of nitrogens with one attached hydrogen (secondary N) is 2. The van der Waals surface area contributed by atoms with Crippen molar-refractivity contribution in [3.63, 3.8) is 0 Å². The Morgan fingerprint density at radius 2 is 2.33 bits per heavy atom. The highest BCUT2D eigenvalue weighted by atomic mass is 32.2. The standard InChI is InChI=1S/C12H19N3O2S/c1-13-12(17)11-9-10(3-4-15-11)14-5-8-18-7-2-6-16/h3-4,9,16H,2,5-8H2,1H3,(H,13,17)(H,14,15). The number of amides is 1. The average molecular weight is 269 g/mol. The molecule has 6 heteroatoms. The number of aliphatic hydroxyl groups excluding tert-OH is 1. The number of carbonyl (C=O) groups excluding carboxylic acids is 1. The second kappa shape index (κ2) is 8.77. The van der Waals surface area contributed by atoms with E-state index in [0.717, 1.165) is 30.2 Å². The highest BCUT2D eigenvalue weighted by molar-refractivity contribution is 7.99. The molecule has 100 valence electrons. The molecule has 0 aliphatic carbocycles. The summed E-state index contributed by atoms with van der Waals surface area (Å²) in [5.74, 6) is 1.76. The molecule has 0 saturated heterocycles. The number of aromatic nitrogens is 1. The molecular weight excluding hydrogens is 250 g/mol. The fourth-order valence-electron chi connectivity index (χ4n) is 1.33. The quantitative estimate of drug-likeness (QED) is 0.613. The van der Waals surface area contributed by atoms with E-state index in [4.69, 9.17) is 5.11 Å². The summed E-state index contributed by atoms with van der Waals surface area (Å²) in [5.41, 5.74) is 1.31. The smallest absolute Gasteiger partial charge is 0.269 e. The lowest BCUT2D eigenvalue weighted by Crippen LogP contribution is -2.19. The number of nitrogens with zero attached hydrogens (tertiary/aromatic N) is 1. The van der Waals surface area contributed by atoms with Gasteiger partial charge in [0.25, 0.3) is 5.91 Å². The topological polar surface area (TPSA) is 74.2 Å². The van der Waals surface area contributed by atoms with Gasteiger partial charge >= 0.3 is 0 Å². The van der Waals surface area contributed by atoms with Gasteiger partial charge in [-0.15, -0.1) is 0 Å². The summed E-state index contributed by atoms with van der Waals surface area (Å²) in [7, 11) is 1.59. The average Bonchev–Trinajstić information content (AvgIpc) is 2.42. The molecule has 0 radical (unpaired) electrons. The molecule has 3 N–H and O–H groups in total. The first-order chi connectivity index (χ1) is 8.77. The lowest BCUT2D eigenvalue weighted by Gasteiger charge is -2.07. The van der Waals surface area contributed by atoms with Crippen molar-refractivity contribution in [3.8, 4) is 0 Å². The normalized spacial score (nSPS) is 10.1. The number of rotatable bonds is 8. The first kappa shape index (κ1) is 14.8. The highest BCUT2D eigenvalue weighted by Gasteiger charge is 2.04. The lowest BCUT2D eigenvalue weighted by molar-refractivity contribution is 0.0958. The van der Waals surface area contributed by atoms with Crippen LogP contribution in [0.25, 0.3) is 0 Å². The second-order valence-electron chi connectivity index (χ2n) is 3.63. The fraction of sp³-hybridized carbons (Fsp3) is 0.500. The number of carbonyl (C=O) groups is 1. The van der Waals surface area contributed by atoms with Crippen molar-refractivity contribution in [3.05, 3.63) is 24.0 Å². The van der Waals surface area contributed by atoms with Crippen molar-refractivity contribution in [2.75, 3.05) is 37.0 Å². The van der Waals surface area contributed by atoms with E-state index in [-0.39, 0.29) is 12.5 Å². The molecule has 0 aliphatic rings. The Balaban J connectivity index is 2.32. The molecule has 0 aromatic carbocycles. The predicted molar refractivity (Wildman–Crippen MR) is 75.1 cm³/mol. The maximum absolute atomic E-state index is 11.4. The largest absolute Gasteiger partial charge is 0.396 e. The van der Waals surface area contributed by atoms with Gasteiger partial charge in [0.2, 0.25) is 0 Å². The van der Waals surface area contributed by atoms with Crippen molar-refractivity contribution in [1.82, 2.24) is 10.3 Å². The van der Waals surface area contributed by atoms with Crippen molar-refractivity contribution < 1.29 is 9.90 Å². The first-order valence-corrected chi connectivity index (χ1v) is 7.04. The molecule has 0 bridgehead atoms. The van der Waals surface area contributed by atoms with E-state index in [9.17, 15) is 4.79 Å². The Bertz CT molecular complexity index is 374. The Morgan fingerprint density at radius 3 is 3.06 bits per heavy atom. The summed E-state index contributed by atoms with van der Waals surface area (Å²) in [6.07, 6.45) is 2.45. The number of aliphatic hydroxyl groups is 1. The van der Waals surface area contributed by atoms with E-state index in [1.165, 1.54) is 0 Å². The van der Waals surface area contributed by atoms with E-state index in [1.54, 1.807) is 31.1 Å². The third-order valence-corrected chi connectivity index (χ3v) is 3.31. The molecule has 0 atom stereocenters. The SMILES string of the molecule is CNC(=O)c1cc(NCCSCCCO)ccn1. The molecule has 1 rings (SSSR count). The van der Waals surface area contributed by atoms with Crippen LogP contribution in [0.1, 0.15) is 16.9 Å². The summed E-state index contributed by atoms with van der Waals surface area (Å²) >= 11 is 1.79. The van der Waals surface area contributed by atoms with Crippen LogP contribution in [0, 0.1) is 0 Å². The van der Waals surface area contributed by atoms with Gasteiger partial charge in [-0.25, -0.2) is 0 Å². The second-order valence-corrected chi connectivity index (χ2v) is 4.85. The molecule has 1 aromatic rings. The maximum atomic E-state index is 11.4. The molecule has 0 saturated carbocycles. The molecular formula is C12H19N3O2S. The molecule has 1 heterocycles. The van der Waals surface area contributed by atoms with Crippen LogP contribution >= 0.6 is 11.8 Å². The van der Waals surface area contributed by atoms with Gasteiger partial charge in [-0.1, -0.05) is 0 Å². The van der Waals surface area contributed by atoms with E-state index in [0.29, 0.717) is 5.69 Å². The summed E-state index contributed by atoms with van der Waals surface area (Å²) in [5, 5.41) is 14.4. The van der Waals surface area contributed by atoms with Gasteiger partial charge in [0.15, 0.2) is 0 Å². The molecule has 18 heavy (non-hydrogen) atoms. The number of hydrogen-bond donors (Lipinski definition) is 3. The van der Waals surface area contributed by atoms with E-state index >= 15 is 0 Å². The third-order valence-electron chi connectivity index (χ3n) is 2.24. The Labute approximate surface area is 111 Å². The lowest BCUT2D eigenvalue weighted by atomic mass is 10.3. The van der Waals surface area contributed by atoms with E-state index in [2.05, 4.69) is 15.6 Å². The summed E-state index contributed by atoms with van der Waals surface area (Å²) in [4.78, 5) is 15.4. The number of anilines is 1. The maximum Gasteiger partial charge on any atom is 0.269 e. The molecule has 0 spiro atoms. The van der Waals surface area contributed by atoms with Crippen LogP contribution in [0.3, 0.4) is 0 Å². The van der Waals surface area contributed by atoms with Gasteiger partial charge in [-0.2, -0.15) is 11.8 Å². The summed E-state index contributed by atoms with van der Waals surface area (Å²) in [6.45, 7) is 1.08. The molecule has 5 nitrogen and oxygen atoms in total. The Kier molecular flexibility index (Phi) is 7.20. The van der Waals surface area contributed by atoms with Gasteiger partial charge in [0, 0.05) is 37.8 Å². The number of hydrogen-bond acceptors (Lipinski definition) is 5. The van der Waals surface area contributed by atoms with Crippen molar-refractivity contribution in [1.29, 1.82) is 0 Å². The van der Waals surface area contributed by atoms with Crippen LogP contribution in [-0.2, 0) is 0 Å². The molecule has 0 unspecified atom stereocenters. The zero-order valence-corrected chi connectivity index (χ0v) is 11.3.